The summed E-state index contributed by atoms with van der Waals surface area (Å²) in [6.45, 7) is 1.44. The highest BCUT2D eigenvalue weighted by atomic mass is 32.2. The third-order valence-electron chi connectivity index (χ3n) is 4.89. The first kappa shape index (κ1) is 16.7. The minimum absolute atomic E-state index is 0.200. The Morgan fingerprint density at radius 3 is 2.88 bits per heavy atom. The van der Waals surface area contributed by atoms with Crippen LogP contribution in [0.2, 0.25) is 0 Å². The van der Waals surface area contributed by atoms with Crippen LogP contribution in [-0.2, 0) is 23.3 Å². The Morgan fingerprint density at radius 2 is 2.08 bits per heavy atom. The summed E-state index contributed by atoms with van der Waals surface area (Å²) in [5.74, 6) is 0.613. The summed E-state index contributed by atoms with van der Waals surface area (Å²) < 4.78 is 11.0. The van der Waals surface area contributed by atoms with Crippen molar-refractivity contribution in [3.05, 3.63) is 45.3 Å². The van der Waals surface area contributed by atoms with Crippen molar-refractivity contribution < 1.29 is 9.15 Å². The second-order valence-electron chi connectivity index (χ2n) is 6.66. The molecule has 2 aromatic rings. The molecule has 2 heterocycles. The first-order chi connectivity index (χ1) is 12.2. The average Bonchev–Trinajstić information content (AvgIpc) is 3.27. The fourth-order valence-electron chi connectivity index (χ4n) is 3.59. The molecular formula is C19H22N2O3S. The Balaban J connectivity index is 1.52. The van der Waals surface area contributed by atoms with E-state index in [4.69, 9.17) is 14.9 Å². The Kier molecular flexibility index (Phi) is 4.81. The minimum Gasteiger partial charge on any atom is -0.423 e. The second kappa shape index (κ2) is 7.22. The highest BCUT2D eigenvalue weighted by molar-refractivity contribution is 8.13. The number of fused-ring (bicyclic) bond motifs is 2. The predicted octanol–water partition coefficient (Wildman–Crippen LogP) is 3.01. The van der Waals surface area contributed by atoms with Gasteiger partial charge in [0.15, 0.2) is 5.17 Å². The topological polar surface area (TPSA) is 77.8 Å². The molecule has 4 rings (SSSR count). The number of hydrogen-bond donors (Lipinski definition) is 1. The van der Waals surface area contributed by atoms with Gasteiger partial charge in [0, 0.05) is 23.8 Å². The summed E-state index contributed by atoms with van der Waals surface area (Å²) in [6, 6.07) is 5.78. The lowest BCUT2D eigenvalue weighted by Gasteiger charge is -2.09. The van der Waals surface area contributed by atoms with Crippen molar-refractivity contribution in [2.45, 2.75) is 44.0 Å². The van der Waals surface area contributed by atoms with Crippen molar-refractivity contribution in [3.8, 4) is 0 Å². The van der Waals surface area contributed by atoms with E-state index in [-0.39, 0.29) is 11.7 Å². The smallest absolute Gasteiger partial charge is 0.336 e. The van der Waals surface area contributed by atoms with Crippen LogP contribution >= 0.6 is 11.8 Å². The Morgan fingerprint density at radius 1 is 1.24 bits per heavy atom. The number of benzene rings is 1. The largest absolute Gasteiger partial charge is 0.423 e. The van der Waals surface area contributed by atoms with E-state index in [0.29, 0.717) is 23.0 Å². The molecule has 0 unspecified atom stereocenters. The molecule has 2 aliphatic rings. The summed E-state index contributed by atoms with van der Waals surface area (Å²) in [5.41, 5.74) is 10.0. The molecular weight excluding hydrogens is 336 g/mol. The number of aliphatic imine (C=N–C) groups is 1. The number of nitrogens with two attached hydrogens (primary N) is 1. The molecule has 132 valence electrons. The fraction of sp³-hybridized carbons (Fsp3) is 0.474. The van der Waals surface area contributed by atoms with Crippen molar-refractivity contribution in [3.63, 3.8) is 0 Å². The maximum atomic E-state index is 11.9. The average molecular weight is 358 g/mol. The van der Waals surface area contributed by atoms with Gasteiger partial charge in [0.1, 0.15) is 5.58 Å². The van der Waals surface area contributed by atoms with Crippen LogP contribution in [0.4, 0.5) is 0 Å². The van der Waals surface area contributed by atoms with Crippen molar-refractivity contribution in [1.82, 2.24) is 0 Å². The lowest BCUT2D eigenvalue weighted by molar-refractivity contribution is 0.118. The van der Waals surface area contributed by atoms with Gasteiger partial charge in [-0.3, -0.25) is 4.99 Å². The van der Waals surface area contributed by atoms with Gasteiger partial charge in [0.05, 0.1) is 12.6 Å². The molecule has 0 radical (unpaired) electrons. The van der Waals surface area contributed by atoms with Crippen LogP contribution in [0.15, 0.2) is 32.4 Å². The Bertz CT molecular complexity index is 869. The summed E-state index contributed by atoms with van der Waals surface area (Å²) in [5, 5.41) is 1.55. The first-order valence-electron chi connectivity index (χ1n) is 8.82. The lowest BCUT2D eigenvalue weighted by atomic mass is 10.0. The highest BCUT2D eigenvalue weighted by Gasteiger charge is 2.16. The standard InChI is InChI=1S/C19H22N2O3S/c20-19(21-10-15-5-2-6-23-15)25-11-14-9-18(22)24-17-8-13-4-1-3-12(13)7-16(14)17/h7-9,15H,1-6,10-11H2,(H2,20,21)/t15-/m0/s1. The van der Waals surface area contributed by atoms with Crippen LogP contribution in [0.5, 0.6) is 0 Å². The zero-order valence-electron chi connectivity index (χ0n) is 14.1. The van der Waals surface area contributed by atoms with Gasteiger partial charge in [-0.05, 0) is 60.9 Å². The van der Waals surface area contributed by atoms with E-state index in [1.54, 1.807) is 6.07 Å². The van der Waals surface area contributed by atoms with Gasteiger partial charge in [-0.15, -0.1) is 0 Å². The minimum atomic E-state index is -0.309. The third kappa shape index (κ3) is 3.75. The number of rotatable bonds is 4. The molecule has 0 spiro atoms. The molecule has 0 saturated carbocycles. The Labute approximate surface area is 150 Å². The van der Waals surface area contributed by atoms with Crippen LogP contribution in [0.25, 0.3) is 11.0 Å². The molecule has 2 N–H and O–H groups in total. The monoisotopic (exact) mass is 358 g/mol. The van der Waals surface area contributed by atoms with Crippen molar-refractivity contribution in [2.24, 2.45) is 10.7 Å². The molecule has 1 aliphatic heterocycles. The van der Waals surface area contributed by atoms with Gasteiger partial charge in [0.25, 0.3) is 0 Å². The maximum Gasteiger partial charge on any atom is 0.336 e. The van der Waals surface area contributed by atoms with Crippen LogP contribution in [0.1, 0.15) is 36.0 Å². The molecule has 1 fully saturated rings. The first-order valence-corrected chi connectivity index (χ1v) is 9.80. The molecule has 25 heavy (non-hydrogen) atoms. The third-order valence-corrected chi connectivity index (χ3v) is 5.77. The van der Waals surface area contributed by atoms with E-state index in [0.717, 1.165) is 43.2 Å². The molecule has 5 nitrogen and oxygen atoms in total. The number of nitrogens with zero attached hydrogens (tertiary/aromatic N) is 1. The normalized spacial score (nSPS) is 20.3. The SMILES string of the molecule is NC(=NC[C@@H]1CCCO1)SCc1cc(=O)oc2cc3c(cc12)CCC3. The number of aryl methyl sites for hydroxylation is 2. The molecule has 6 heteroatoms. The summed E-state index contributed by atoms with van der Waals surface area (Å²) in [7, 11) is 0. The number of hydrogen-bond acceptors (Lipinski definition) is 5. The van der Waals surface area contributed by atoms with E-state index in [1.165, 1.54) is 29.3 Å². The summed E-state index contributed by atoms with van der Waals surface area (Å²) in [6.07, 6.45) is 5.69. The van der Waals surface area contributed by atoms with E-state index < -0.39 is 0 Å². The van der Waals surface area contributed by atoms with Gasteiger partial charge in [0.2, 0.25) is 0 Å². The lowest BCUT2D eigenvalue weighted by Crippen LogP contribution is -2.14. The summed E-state index contributed by atoms with van der Waals surface area (Å²) in [4.78, 5) is 16.3. The molecule has 1 atom stereocenters. The van der Waals surface area contributed by atoms with Gasteiger partial charge in [-0.2, -0.15) is 0 Å². The molecule has 1 saturated heterocycles. The van der Waals surface area contributed by atoms with Crippen LogP contribution < -0.4 is 11.4 Å². The molecule has 1 aromatic heterocycles. The van der Waals surface area contributed by atoms with Crippen molar-refractivity contribution in [1.29, 1.82) is 0 Å². The highest BCUT2D eigenvalue weighted by Crippen LogP contribution is 2.29. The molecule has 1 aliphatic carbocycles. The van der Waals surface area contributed by atoms with Crippen LogP contribution in [0, 0.1) is 0 Å². The van der Waals surface area contributed by atoms with E-state index in [1.807, 2.05) is 6.07 Å². The Hall–Kier alpha value is -1.79. The maximum absolute atomic E-state index is 11.9. The van der Waals surface area contributed by atoms with Gasteiger partial charge < -0.3 is 14.9 Å². The van der Waals surface area contributed by atoms with E-state index in [9.17, 15) is 4.79 Å². The number of ether oxygens (including phenoxy) is 1. The zero-order chi connectivity index (χ0) is 17.2. The predicted molar refractivity (Wildman–Crippen MR) is 101 cm³/mol. The molecule has 0 bridgehead atoms. The van der Waals surface area contributed by atoms with Crippen molar-refractivity contribution in [2.75, 3.05) is 13.2 Å². The van der Waals surface area contributed by atoms with Crippen LogP contribution in [-0.4, -0.2) is 24.4 Å². The van der Waals surface area contributed by atoms with Crippen molar-refractivity contribution >= 4 is 27.9 Å². The second-order valence-corrected chi connectivity index (χ2v) is 7.66. The van der Waals surface area contributed by atoms with E-state index in [2.05, 4.69) is 11.1 Å². The number of thioether (sulfide) groups is 1. The summed E-state index contributed by atoms with van der Waals surface area (Å²) >= 11 is 1.46. The molecule has 0 amide bonds. The quantitative estimate of drug-likeness (QED) is 0.516. The van der Waals surface area contributed by atoms with E-state index >= 15 is 0 Å². The zero-order valence-corrected chi connectivity index (χ0v) is 14.9. The molecule has 1 aromatic carbocycles. The van der Waals surface area contributed by atoms with Gasteiger partial charge >= 0.3 is 5.63 Å². The van der Waals surface area contributed by atoms with Crippen LogP contribution in [0.3, 0.4) is 0 Å². The van der Waals surface area contributed by atoms with Gasteiger partial charge in [-0.25, -0.2) is 4.79 Å². The number of amidine groups is 1. The fourth-order valence-corrected chi connectivity index (χ4v) is 4.30. The van der Waals surface area contributed by atoms with Gasteiger partial charge in [-0.1, -0.05) is 11.8 Å².